The number of para-hydroxylation sites is 2. The van der Waals surface area contributed by atoms with E-state index in [2.05, 4.69) is 15.3 Å². The number of amides is 1. The van der Waals surface area contributed by atoms with Crippen LogP contribution in [0.5, 0.6) is 0 Å². The molecule has 0 atom stereocenters. The molecular formula is C17H17N4O2+. The highest BCUT2D eigenvalue weighted by Crippen LogP contribution is 2.22. The van der Waals surface area contributed by atoms with Crippen LogP contribution in [0.3, 0.4) is 0 Å². The maximum absolute atomic E-state index is 12.6. The number of aromatic nitrogens is 2. The van der Waals surface area contributed by atoms with Crippen LogP contribution >= 0.6 is 0 Å². The second kappa shape index (κ2) is 5.81. The molecule has 0 radical (unpaired) electrons. The molecule has 116 valence electrons. The summed E-state index contributed by atoms with van der Waals surface area (Å²) in [4.78, 5) is 23.3. The molecule has 0 bridgehead atoms. The van der Waals surface area contributed by atoms with Gasteiger partial charge in [-0.05, 0) is 24.3 Å². The van der Waals surface area contributed by atoms with Gasteiger partial charge in [-0.1, -0.05) is 18.2 Å². The zero-order chi connectivity index (χ0) is 15.6. The molecule has 2 aromatic heterocycles. The number of rotatable bonds is 2. The van der Waals surface area contributed by atoms with Gasteiger partial charge in [-0.15, -0.1) is 0 Å². The number of pyridine rings is 1. The van der Waals surface area contributed by atoms with E-state index >= 15 is 0 Å². The zero-order valence-corrected chi connectivity index (χ0v) is 12.6. The second-order valence-electron chi connectivity index (χ2n) is 5.55. The molecule has 1 aliphatic rings. The van der Waals surface area contributed by atoms with Crippen LogP contribution in [0.4, 0.5) is 0 Å². The van der Waals surface area contributed by atoms with E-state index in [1.54, 1.807) is 6.07 Å². The Bertz CT molecular complexity index is 819. The fourth-order valence-electron chi connectivity index (χ4n) is 2.77. The van der Waals surface area contributed by atoms with Gasteiger partial charge in [-0.3, -0.25) is 4.79 Å². The standard InChI is InChI=1S/C17H16N4O2/c22-17(21-10-8-18-9-11-21)14-6-3-5-13(19-14)16-20-12-4-1-2-7-15(12)23-16/h1-7,18H,8-11H2/p+1. The monoisotopic (exact) mass is 309 g/mol. The highest BCUT2D eigenvalue weighted by Gasteiger charge is 2.21. The second-order valence-corrected chi connectivity index (χ2v) is 5.55. The quantitative estimate of drug-likeness (QED) is 0.763. The summed E-state index contributed by atoms with van der Waals surface area (Å²) in [5, 5.41) is 2.21. The number of benzene rings is 1. The molecule has 0 saturated carbocycles. The average molecular weight is 309 g/mol. The minimum absolute atomic E-state index is 0.0314. The molecule has 23 heavy (non-hydrogen) atoms. The Balaban J connectivity index is 1.66. The van der Waals surface area contributed by atoms with Gasteiger partial charge in [-0.2, -0.15) is 0 Å². The van der Waals surface area contributed by atoms with E-state index < -0.39 is 0 Å². The molecule has 1 amide bonds. The fourth-order valence-corrected chi connectivity index (χ4v) is 2.77. The summed E-state index contributed by atoms with van der Waals surface area (Å²) < 4.78 is 5.73. The van der Waals surface area contributed by atoms with Crippen molar-refractivity contribution in [1.29, 1.82) is 0 Å². The molecule has 4 rings (SSSR count). The Kier molecular flexibility index (Phi) is 3.51. The Morgan fingerprint density at radius 3 is 2.70 bits per heavy atom. The van der Waals surface area contributed by atoms with Crippen LogP contribution in [0.2, 0.25) is 0 Å². The van der Waals surface area contributed by atoms with Crippen molar-refractivity contribution in [2.45, 2.75) is 0 Å². The number of fused-ring (bicyclic) bond motifs is 1. The minimum Gasteiger partial charge on any atom is -0.435 e. The first-order chi connectivity index (χ1) is 11.3. The molecule has 0 unspecified atom stereocenters. The van der Waals surface area contributed by atoms with Crippen molar-refractivity contribution in [1.82, 2.24) is 14.9 Å². The summed E-state index contributed by atoms with van der Waals surface area (Å²) in [5.41, 5.74) is 2.52. The highest BCUT2D eigenvalue weighted by molar-refractivity contribution is 5.92. The lowest BCUT2D eigenvalue weighted by atomic mass is 10.2. The molecule has 1 aliphatic heterocycles. The largest absolute Gasteiger partial charge is 0.435 e. The normalized spacial score (nSPS) is 15.0. The van der Waals surface area contributed by atoms with Crippen molar-refractivity contribution in [3.63, 3.8) is 0 Å². The van der Waals surface area contributed by atoms with E-state index in [0.717, 1.165) is 31.7 Å². The smallest absolute Gasteiger partial charge is 0.272 e. The molecular weight excluding hydrogens is 292 g/mol. The summed E-state index contributed by atoms with van der Waals surface area (Å²) >= 11 is 0. The van der Waals surface area contributed by atoms with E-state index in [1.807, 2.05) is 41.3 Å². The zero-order valence-electron chi connectivity index (χ0n) is 12.6. The Labute approximate surface area is 133 Å². The molecule has 0 aliphatic carbocycles. The van der Waals surface area contributed by atoms with Gasteiger partial charge in [0.25, 0.3) is 5.91 Å². The minimum atomic E-state index is -0.0314. The number of oxazole rings is 1. The first-order valence-electron chi connectivity index (χ1n) is 7.75. The predicted octanol–water partition coefficient (Wildman–Crippen LogP) is 0.909. The number of nitrogens with zero attached hydrogens (tertiary/aromatic N) is 3. The molecule has 3 heterocycles. The third kappa shape index (κ3) is 2.68. The SMILES string of the molecule is O=C(c1cccc(-c2nc3ccccc3o2)n1)N1CC[NH2+]CC1. The fraction of sp³-hybridized carbons (Fsp3) is 0.235. The van der Waals surface area contributed by atoms with Gasteiger partial charge in [0, 0.05) is 0 Å². The third-order valence-electron chi connectivity index (χ3n) is 3.97. The third-order valence-corrected chi connectivity index (χ3v) is 3.97. The van der Waals surface area contributed by atoms with E-state index in [-0.39, 0.29) is 5.91 Å². The number of quaternary nitrogens is 1. The van der Waals surface area contributed by atoms with Crippen molar-refractivity contribution in [3.8, 4) is 11.6 Å². The predicted molar refractivity (Wildman–Crippen MR) is 84.8 cm³/mol. The van der Waals surface area contributed by atoms with Gasteiger partial charge in [0.2, 0.25) is 5.89 Å². The van der Waals surface area contributed by atoms with Gasteiger partial charge >= 0.3 is 0 Å². The maximum atomic E-state index is 12.6. The van der Waals surface area contributed by atoms with Crippen molar-refractivity contribution >= 4 is 17.0 Å². The van der Waals surface area contributed by atoms with Crippen LogP contribution in [0.1, 0.15) is 10.5 Å². The van der Waals surface area contributed by atoms with Crippen LogP contribution in [0.25, 0.3) is 22.7 Å². The molecule has 6 heteroatoms. The van der Waals surface area contributed by atoms with Crippen LogP contribution in [-0.4, -0.2) is 47.0 Å². The van der Waals surface area contributed by atoms with Gasteiger partial charge in [0.05, 0.1) is 26.2 Å². The lowest BCUT2D eigenvalue weighted by molar-refractivity contribution is -0.661. The Hall–Kier alpha value is -2.73. The molecule has 3 aromatic rings. The van der Waals surface area contributed by atoms with E-state index in [4.69, 9.17) is 4.42 Å². The summed E-state index contributed by atoms with van der Waals surface area (Å²) in [6.45, 7) is 3.40. The number of carbonyl (C=O) groups excluding carboxylic acids is 1. The molecule has 0 spiro atoms. The highest BCUT2D eigenvalue weighted by atomic mass is 16.3. The molecule has 2 N–H and O–H groups in total. The summed E-state index contributed by atoms with van der Waals surface area (Å²) in [7, 11) is 0. The Morgan fingerprint density at radius 1 is 1.04 bits per heavy atom. The first-order valence-corrected chi connectivity index (χ1v) is 7.75. The van der Waals surface area contributed by atoms with E-state index in [9.17, 15) is 4.79 Å². The number of hydrogen-bond acceptors (Lipinski definition) is 4. The van der Waals surface area contributed by atoms with Crippen LogP contribution in [0, 0.1) is 0 Å². The van der Waals surface area contributed by atoms with E-state index in [1.165, 1.54) is 0 Å². The number of piperazine rings is 1. The summed E-state index contributed by atoms with van der Waals surface area (Å²) in [5.74, 6) is 0.406. The van der Waals surface area contributed by atoms with Crippen molar-refractivity contribution in [2.24, 2.45) is 0 Å². The number of carbonyl (C=O) groups is 1. The first kappa shape index (κ1) is 13.9. The van der Waals surface area contributed by atoms with Gasteiger partial charge in [0.15, 0.2) is 5.58 Å². The van der Waals surface area contributed by atoms with Gasteiger partial charge in [-0.25, -0.2) is 9.97 Å². The lowest BCUT2D eigenvalue weighted by Gasteiger charge is -2.24. The van der Waals surface area contributed by atoms with Crippen molar-refractivity contribution in [3.05, 3.63) is 48.2 Å². The summed E-state index contributed by atoms with van der Waals surface area (Å²) in [6, 6.07) is 12.9. The van der Waals surface area contributed by atoms with E-state index in [0.29, 0.717) is 22.9 Å². The lowest BCUT2D eigenvalue weighted by Crippen LogP contribution is -2.89. The van der Waals surface area contributed by atoms with Crippen molar-refractivity contribution < 1.29 is 14.5 Å². The van der Waals surface area contributed by atoms with Crippen molar-refractivity contribution in [2.75, 3.05) is 26.2 Å². The molecule has 1 fully saturated rings. The van der Waals surface area contributed by atoms with Gasteiger partial charge in [0.1, 0.15) is 16.9 Å². The molecule has 1 saturated heterocycles. The average Bonchev–Trinajstić information content (AvgIpc) is 3.06. The van der Waals surface area contributed by atoms with Crippen LogP contribution in [0.15, 0.2) is 46.9 Å². The molecule has 6 nitrogen and oxygen atoms in total. The maximum Gasteiger partial charge on any atom is 0.272 e. The Morgan fingerprint density at radius 2 is 1.87 bits per heavy atom. The van der Waals surface area contributed by atoms with Crippen LogP contribution < -0.4 is 5.32 Å². The topological polar surface area (TPSA) is 75.8 Å². The van der Waals surface area contributed by atoms with Crippen LogP contribution in [-0.2, 0) is 0 Å². The number of nitrogens with two attached hydrogens (primary N) is 1. The summed E-state index contributed by atoms with van der Waals surface area (Å²) in [6.07, 6.45) is 0. The van der Waals surface area contributed by atoms with Gasteiger partial charge < -0.3 is 14.6 Å². The molecule has 1 aromatic carbocycles. The number of hydrogen-bond donors (Lipinski definition) is 1.